The number of hydrogen-bond acceptors (Lipinski definition) is 4. The molecule has 0 saturated carbocycles. The van der Waals surface area contributed by atoms with E-state index in [9.17, 15) is 9.90 Å². The number of carbonyl (C=O) groups is 1. The van der Waals surface area contributed by atoms with Crippen molar-refractivity contribution >= 4 is 5.97 Å². The molecule has 1 aliphatic heterocycles. The number of fused-ring (bicyclic) bond motifs is 1. The van der Waals surface area contributed by atoms with Crippen LogP contribution < -0.4 is 9.47 Å². The summed E-state index contributed by atoms with van der Waals surface area (Å²) in [5.41, 5.74) is 2.22. The quantitative estimate of drug-likeness (QED) is 0.891. The summed E-state index contributed by atoms with van der Waals surface area (Å²) in [7, 11) is 1.66. The predicted octanol–water partition coefficient (Wildman–Crippen LogP) is 1.82. The van der Waals surface area contributed by atoms with E-state index in [4.69, 9.17) is 9.47 Å². The molecule has 2 aromatic rings. The van der Waals surface area contributed by atoms with E-state index in [2.05, 4.69) is 4.98 Å². The molecule has 0 amide bonds. The summed E-state index contributed by atoms with van der Waals surface area (Å²) >= 11 is 0. The molecule has 0 spiro atoms. The smallest absolute Gasteiger partial charge is 0.354 e. The Bertz CT molecular complexity index is 676. The van der Waals surface area contributed by atoms with Gasteiger partial charge in [0.25, 0.3) is 0 Å². The Kier molecular flexibility index (Phi) is 2.45. The van der Waals surface area contributed by atoms with Crippen molar-refractivity contribution < 1.29 is 19.4 Å². The summed E-state index contributed by atoms with van der Waals surface area (Å²) in [6.07, 6.45) is 1.49. The molecule has 6 heteroatoms. The lowest BCUT2D eigenvalue weighted by atomic mass is 10.0. The van der Waals surface area contributed by atoms with Gasteiger partial charge in [-0.15, -0.1) is 0 Å². The third-order valence-electron chi connectivity index (χ3n) is 3.11. The number of aromatic nitrogens is 2. The van der Waals surface area contributed by atoms with E-state index < -0.39 is 5.97 Å². The van der Waals surface area contributed by atoms with Crippen LogP contribution in [0.1, 0.15) is 16.1 Å². The lowest BCUT2D eigenvalue weighted by Gasteiger charge is -2.07. The first-order valence-corrected chi connectivity index (χ1v) is 5.73. The number of aromatic carboxylic acids is 1. The molecule has 1 aromatic carbocycles. The molecule has 0 radical (unpaired) electrons. The molecule has 1 aliphatic rings. The number of aryl methyl sites for hydroxylation is 2. The second-order valence-corrected chi connectivity index (χ2v) is 4.38. The van der Waals surface area contributed by atoms with Crippen LogP contribution in [-0.4, -0.2) is 27.4 Å². The molecule has 3 rings (SSSR count). The molecule has 0 saturated heterocycles. The highest BCUT2D eigenvalue weighted by atomic mass is 16.7. The van der Waals surface area contributed by atoms with Crippen LogP contribution in [0.2, 0.25) is 0 Å². The van der Waals surface area contributed by atoms with Crippen LogP contribution in [0.25, 0.3) is 11.3 Å². The second kappa shape index (κ2) is 4.01. The number of benzene rings is 1. The fraction of sp³-hybridized carbons (Fsp3) is 0.231. The summed E-state index contributed by atoms with van der Waals surface area (Å²) in [5, 5.41) is 9.26. The number of carboxylic acid groups (broad SMARTS) is 1. The van der Waals surface area contributed by atoms with Crippen molar-refractivity contribution in [1.29, 1.82) is 0 Å². The van der Waals surface area contributed by atoms with Gasteiger partial charge in [-0.2, -0.15) is 0 Å². The summed E-state index contributed by atoms with van der Waals surface area (Å²) in [5.74, 6) is 0.281. The minimum Gasteiger partial charge on any atom is -0.477 e. The van der Waals surface area contributed by atoms with Crippen LogP contribution >= 0.6 is 0 Å². The second-order valence-electron chi connectivity index (χ2n) is 4.38. The fourth-order valence-corrected chi connectivity index (χ4v) is 2.18. The minimum absolute atomic E-state index is 0.155. The van der Waals surface area contributed by atoms with Crippen molar-refractivity contribution in [2.24, 2.45) is 7.05 Å². The van der Waals surface area contributed by atoms with Gasteiger partial charge in [0.05, 0.1) is 6.33 Å². The Hall–Kier alpha value is -2.50. The molecule has 19 heavy (non-hydrogen) atoms. The molecule has 98 valence electrons. The van der Waals surface area contributed by atoms with Gasteiger partial charge in [0.15, 0.2) is 17.2 Å². The van der Waals surface area contributed by atoms with Gasteiger partial charge in [-0.3, -0.25) is 0 Å². The minimum atomic E-state index is -1.01. The molecule has 0 fully saturated rings. The monoisotopic (exact) mass is 260 g/mol. The molecule has 0 unspecified atom stereocenters. The van der Waals surface area contributed by atoms with Crippen molar-refractivity contribution in [2.45, 2.75) is 6.92 Å². The first-order valence-electron chi connectivity index (χ1n) is 5.73. The number of carboxylic acids is 1. The maximum absolute atomic E-state index is 11.3. The first kappa shape index (κ1) is 11.6. The molecule has 1 aromatic heterocycles. The Morgan fingerprint density at radius 3 is 2.74 bits per heavy atom. The van der Waals surface area contributed by atoms with Crippen LogP contribution in [0.4, 0.5) is 0 Å². The van der Waals surface area contributed by atoms with Gasteiger partial charge in [-0.05, 0) is 24.6 Å². The molecule has 1 N–H and O–H groups in total. The molecule has 0 atom stereocenters. The van der Waals surface area contributed by atoms with Gasteiger partial charge in [0.1, 0.15) is 5.69 Å². The zero-order valence-corrected chi connectivity index (χ0v) is 10.5. The topological polar surface area (TPSA) is 73.6 Å². The zero-order chi connectivity index (χ0) is 13.6. The Morgan fingerprint density at radius 2 is 2.05 bits per heavy atom. The van der Waals surface area contributed by atoms with Crippen LogP contribution in [0.3, 0.4) is 0 Å². The van der Waals surface area contributed by atoms with Crippen LogP contribution in [0, 0.1) is 6.92 Å². The molecule has 0 bridgehead atoms. The van der Waals surface area contributed by atoms with E-state index in [0.29, 0.717) is 17.2 Å². The summed E-state index contributed by atoms with van der Waals surface area (Å²) < 4.78 is 12.1. The van der Waals surface area contributed by atoms with Gasteiger partial charge in [0.2, 0.25) is 6.79 Å². The van der Waals surface area contributed by atoms with Crippen LogP contribution in [0.5, 0.6) is 11.5 Å². The molecule has 6 nitrogen and oxygen atoms in total. The molecule has 0 aliphatic carbocycles. The van der Waals surface area contributed by atoms with Crippen molar-refractivity contribution in [3.05, 3.63) is 29.7 Å². The largest absolute Gasteiger partial charge is 0.477 e. The maximum atomic E-state index is 11.3. The average Bonchev–Trinajstić information content (AvgIpc) is 2.93. The number of imidazole rings is 1. The number of nitrogens with zero attached hydrogens (tertiary/aromatic N) is 2. The molecular weight excluding hydrogens is 248 g/mol. The van der Waals surface area contributed by atoms with E-state index >= 15 is 0 Å². The third-order valence-corrected chi connectivity index (χ3v) is 3.11. The van der Waals surface area contributed by atoms with E-state index in [0.717, 1.165) is 11.1 Å². The number of rotatable bonds is 2. The van der Waals surface area contributed by atoms with Crippen molar-refractivity contribution in [3.63, 3.8) is 0 Å². The van der Waals surface area contributed by atoms with E-state index in [-0.39, 0.29) is 12.5 Å². The summed E-state index contributed by atoms with van der Waals surface area (Å²) in [6, 6.07) is 3.60. The van der Waals surface area contributed by atoms with Gasteiger partial charge in [-0.25, -0.2) is 9.78 Å². The summed E-state index contributed by atoms with van der Waals surface area (Å²) in [4.78, 5) is 15.5. The normalized spacial score (nSPS) is 12.7. The standard InChI is InChI=1S/C13H12N2O4/c1-7-3-9-10(19-6-18-9)4-8(7)11-12(13(16)17)15(2)5-14-11/h3-5H,6H2,1-2H3,(H,16,17). The lowest BCUT2D eigenvalue weighted by Crippen LogP contribution is -2.05. The summed E-state index contributed by atoms with van der Waals surface area (Å²) in [6.45, 7) is 2.07. The van der Waals surface area contributed by atoms with Gasteiger partial charge in [-0.1, -0.05) is 0 Å². The first-order chi connectivity index (χ1) is 9.08. The van der Waals surface area contributed by atoms with Crippen molar-refractivity contribution in [2.75, 3.05) is 6.79 Å². The SMILES string of the molecule is Cc1cc2c(cc1-c1ncn(C)c1C(=O)O)OCO2. The van der Waals surface area contributed by atoms with Crippen LogP contribution in [0.15, 0.2) is 18.5 Å². The van der Waals surface area contributed by atoms with E-state index in [1.54, 1.807) is 13.1 Å². The van der Waals surface area contributed by atoms with Gasteiger partial charge in [0, 0.05) is 12.6 Å². The van der Waals surface area contributed by atoms with Gasteiger partial charge < -0.3 is 19.1 Å². The predicted molar refractivity (Wildman–Crippen MR) is 66.5 cm³/mol. The highest BCUT2D eigenvalue weighted by Crippen LogP contribution is 2.38. The Labute approximate surface area is 109 Å². The van der Waals surface area contributed by atoms with E-state index in [1.807, 2.05) is 13.0 Å². The Balaban J connectivity index is 2.20. The maximum Gasteiger partial charge on any atom is 0.354 e. The molecule has 2 heterocycles. The highest BCUT2D eigenvalue weighted by Gasteiger charge is 2.22. The Morgan fingerprint density at radius 1 is 1.37 bits per heavy atom. The molecular formula is C13H12N2O4. The highest BCUT2D eigenvalue weighted by molar-refractivity contribution is 5.94. The number of hydrogen-bond donors (Lipinski definition) is 1. The lowest BCUT2D eigenvalue weighted by molar-refractivity contribution is 0.0687. The fourth-order valence-electron chi connectivity index (χ4n) is 2.18. The average molecular weight is 260 g/mol. The van der Waals surface area contributed by atoms with Crippen LogP contribution in [-0.2, 0) is 7.05 Å². The zero-order valence-electron chi connectivity index (χ0n) is 10.5. The van der Waals surface area contributed by atoms with E-state index in [1.165, 1.54) is 10.9 Å². The third kappa shape index (κ3) is 1.72. The number of ether oxygens (including phenoxy) is 2. The van der Waals surface area contributed by atoms with Crippen molar-refractivity contribution in [1.82, 2.24) is 9.55 Å². The van der Waals surface area contributed by atoms with Gasteiger partial charge >= 0.3 is 5.97 Å². The van der Waals surface area contributed by atoms with Crippen molar-refractivity contribution in [3.8, 4) is 22.8 Å².